The van der Waals surface area contributed by atoms with Crippen LogP contribution in [0.5, 0.6) is 0 Å². The summed E-state index contributed by atoms with van der Waals surface area (Å²) in [6.45, 7) is 0.774. The summed E-state index contributed by atoms with van der Waals surface area (Å²) < 4.78 is 0. The minimum atomic E-state index is 0.679. The number of hydrogen-bond donors (Lipinski definition) is 1. The quantitative estimate of drug-likeness (QED) is 0.856. The van der Waals surface area contributed by atoms with E-state index in [9.17, 15) is 0 Å². The zero-order chi connectivity index (χ0) is 10.5. The lowest BCUT2D eigenvalue weighted by Gasteiger charge is -2.03. The number of thiazole rings is 1. The highest BCUT2D eigenvalue weighted by Crippen LogP contribution is 2.12. The van der Waals surface area contributed by atoms with Crippen LogP contribution in [0.1, 0.15) is 10.4 Å². The minimum Gasteiger partial charge on any atom is -0.380 e. The summed E-state index contributed by atoms with van der Waals surface area (Å²) >= 11 is 1.62. The third-order valence-electron chi connectivity index (χ3n) is 1.96. The monoisotopic (exact) mass is 215 g/mol. The highest BCUT2D eigenvalue weighted by atomic mass is 32.1. The smallest absolute Gasteiger partial charge is 0.0991 e. The Hall–Kier alpha value is -1.86. The molecule has 0 unspecified atom stereocenters. The first-order valence-corrected chi connectivity index (χ1v) is 5.38. The largest absolute Gasteiger partial charge is 0.380 e. The molecule has 3 nitrogen and oxygen atoms in total. The Labute approximate surface area is 92.0 Å². The van der Waals surface area contributed by atoms with Crippen molar-refractivity contribution in [2.45, 2.75) is 6.54 Å². The molecule has 1 aromatic carbocycles. The fourth-order valence-corrected chi connectivity index (χ4v) is 1.72. The van der Waals surface area contributed by atoms with Crippen molar-refractivity contribution in [3.63, 3.8) is 0 Å². The fourth-order valence-electron chi connectivity index (χ4n) is 1.18. The summed E-state index contributed by atoms with van der Waals surface area (Å²) in [4.78, 5) is 5.19. The zero-order valence-corrected chi connectivity index (χ0v) is 8.79. The zero-order valence-electron chi connectivity index (χ0n) is 7.97. The molecule has 4 heteroatoms. The predicted molar refractivity (Wildman–Crippen MR) is 60.6 cm³/mol. The van der Waals surface area contributed by atoms with Crippen LogP contribution in [0.3, 0.4) is 0 Å². The van der Waals surface area contributed by atoms with Gasteiger partial charge in [-0.05, 0) is 24.3 Å². The molecule has 0 spiro atoms. The van der Waals surface area contributed by atoms with Crippen LogP contribution in [-0.2, 0) is 6.54 Å². The van der Waals surface area contributed by atoms with Gasteiger partial charge in [0.25, 0.3) is 0 Å². The van der Waals surface area contributed by atoms with Gasteiger partial charge in [0, 0.05) is 16.8 Å². The Bertz CT molecular complexity index is 454. The Kier molecular flexibility index (Phi) is 2.96. The summed E-state index contributed by atoms with van der Waals surface area (Å²) in [5.74, 6) is 0. The molecule has 0 amide bonds. The molecular formula is C11H9N3S. The highest BCUT2D eigenvalue weighted by Gasteiger charge is 1.95. The summed E-state index contributed by atoms with van der Waals surface area (Å²) in [5.41, 5.74) is 3.51. The molecule has 0 aliphatic rings. The minimum absolute atomic E-state index is 0.679. The van der Waals surface area contributed by atoms with Gasteiger partial charge in [0.1, 0.15) is 0 Å². The van der Waals surface area contributed by atoms with Crippen LogP contribution >= 0.6 is 11.3 Å². The highest BCUT2D eigenvalue weighted by molar-refractivity contribution is 7.09. The normalized spacial score (nSPS) is 9.53. The van der Waals surface area contributed by atoms with Crippen molar-refractivity contribution >= 4 is 17.0 Å². The van der Waals surface area contributed by atoms with Gasteiger partial charge in [-0.2, -0.15) is 5.26 Å². The molecule has 0 atom stereocenters. The van der Waals surface area contributed by atoms with Crippen molar-refractivity contribution in [1.82, 2.24) is 4.98 Å². The lowest BCUT2D eigenvalue weighted by molar-refractivity contribution is 1.17. The van der Waals surface area contributed by atoms with Crippen LogP contribution in [0.2, 0.25) is 0 Å². The van der Waals surface area contributed by atoms with E-state index >= 15 is 0 Å². The maximum Gasteiger partial charge on any atom is 0.0991 e. The molecule has 0 saturated heterocycles. The lowest BCUT2D eigenvalue weighted by atomic mass is 10.2. The van der Waals surface area contributed by atoms with Crippen molar-refractivity contribution in [1.29, 1.82) is 5.26 Å². The maximum absolute atomic E-state index is 8.63. The molecule has 0 fully saturated rings. The molecule has 1 heterocycles. The van der Waals surface area contributed by atoms with Crippen molar-refractivity contribution in [3.8, 4) is 6.07 Å². The van der Waals surface area contributed by atoms with Crippen LogP contribution in [0.15, 0.2) is 36.0 Å². The first-order valence-electron chi connectivity index (χ1n) is 4.50. The summed E-state index contributed by atoms with van der Waals surface area (Å²) in [5, 5.41) is 11.9. The number of rotatable bonds is 3. The summed E-state index contributed by atoms with van der Waals surface area (Å²) in [6, 6.07) is 9.49. The number of benzene rings is 1. The van der Waals surface area contributed by atoms with E-state index in [1.165, 1.54) is 4.88 Å². The molecule has 0 bridgehead atoms. The molecule has 2 rings (SSSR count). The molecule has 1 aromatic heterocycles. The average Bonchev–Trinajstić information content (AvgIpc) is 2.80. The summed E-state index contributed by atoms with van der Waals surface area (Å²) in [7, 11) is 0. The van der Waals surface area contributed by atoms with Gasteiger partial charge in [-0.1, -0.05) is 0 Å². The van der Waals surface area contributed by atoms with Crippen molar-refractivity contribution in [2.75, 3.05) is 5.32 Å². The maximum atomic E-state index is 8.63. The standard InChI is InChI=1S/C11H9N3S/c12-5-9-1-3-10(4-2-9)14-7-11-6-13-8-15-11/h1-4,6,8,14H,7H2. The second-order valence-corrected chi connectivity index (χ2v) is 3.98. The molecule has 0 radical (unpaired) electrons. The van der Waals surface area contributed by atoms with Gasteiger partial charge in [0.15, 0.2) is 0 Å². The van der Waals surface area contributed by atoms with Crippen molar-refractivity contribution in [3.05, 3.63) is 46.4 Å². The first-order chi connectivity index (χ1) is 7.38. The molecule has 2 aromatic rings. The van der Waals surface area contributed by atoms with Gasteiger partial charge >= 0.3 is 0 Å². The fraction of sp³-hybridized carbons (Fsp3) is 0.0909. The second-order valence-electron chi connectivity index (χ2n) is 3.01. The third-order valence-corrected chi connectivity index (χ3v) is 2.74. The molecule has 0 aliphatic carbocycles. The summed E-state index contributed by atoms with van der Waals surface area (Å²) in [6.07, 6.45) is 1.85. The van der Waals surface area contributed by atoms with Crippen LogP contribution in [0.25, 0.3) is 0 Å². The molecule has 0 saturated carbocycles. The molecule has 0 aliphatic heterocycles. The van der Waals surface area contributed by atoms with Gasteiger partial charge in [0.2, 0.25) is 0 Å². The van der Waals surface area contributed by atoms with E-state index < -0.39 is 0 Å². The average molecular weight is 215 g/mol. The topological polar surface area (TPSA) is 48.7 Å². The Morgan fingerprint density at radius 1 is 1.33 bits per heavy atom. The van der Waals surface area contributed by atoms with Gasteiger partial charge < -0.3 is 5.32 Å². The molecule has 1 N–H and O–H groups in total. The predicted octanol–water partition coefficient (Wildman–Crippen LogP) is 2.63. The van der Waals surface area contributed by atoms with E-state index in [0.29, 0.717) is 5.56 Å². The van der Waals surface area contributed by atoms with Crippen molar-refractivity contribution < 1.29 is 0 Å². The van der Waals surface area contributed by atoms with E-state index in [0.717, 1.165) is 12.2 Å². The molecule has 15 heavy (non-hydrogen) atoms. The van der Waals surface area contributed by atoms with Crippen LogP contribution < -0.4 is 5.32 Å². The number of nitrogens with one attached hydrogen (secondary N) is 1. The van der Waals surface area contributed by atoms with E-state index in [2.05, 4.69) is 16.4 Å². The van der Waals surface area contributed by atoms with Gasteiger partial charge in [-0.25, -0.2) is 0 Å². The second kappa shape index (κ2) is 4.58. The van der Waals surface area contributed by atoms with Gasteiger partial charge in [-0.15, -0.1) is 11.3 Å². The molecule has 74 valence electrons. The van der Waals surface area contributed by atoms with E-state index in [1.807, 2.05) is 23.8 Å². The van der Waals surface area contributed by atoms with Gasteiger partial charge in [-0.3, -0.25) is 4.98 Å². The Morgan fingerprint density at radius 3 is 2.73 bits per heavy atom. The first kappa shape index (κ1) is 9.69. The van der Waals surface area contributed by atoms with Crippen LogP contribution in [-0.4, -0.2) is 4.98 Å². The van der Waals surface area contributed by atoms with E-state index in [-0.39, 0.29) is 0 Å². The van der Waals surface area contributed by atoms with Gasteiger partial charge in [0.05, 0.1) is 23.7 Å². The number of nitriles is 1. The van der Waals surface area contributed by atoms with E-state index in [1.54, 1.807) is 23.5 Å². The SMILES string of the molecule is N#Cc1ccc(NCc2cncs2)cc1. The number of aromatic nitrogens is 1. The molecular weight excluding hydrogens is 206 g/mol. The third kappa shape index (κ3) is 2.55. The number of hydrogen-bond acceptors (Lipinski definition) is 4. The van der Waals surface area contributed by atoms with Crippen molar-refractivity contribution in [2.24, 2.45) is 0 Å². The lowest BCUT2D eigenvalue weighted by Crippen LogP contribution is -1.96. The number of nitrogens with zero attached hydrogens (tertiary/aromatic N) is 2. The number of anilines is 1. The Morgan fingerprint density at radius 2 is 2.13 bits per heavy atom. The Balaban J connectivity index is 1.97. The van der Waals surface area contributed by atoms with E-state index in [4.69, 9.17) is 5.26 Å². The van der Waals surface area contributed by atoms with Crippen LogP contribution in [0.4, 0.5) is 5.69 Å². The van der Waals surface area contributed by atoms with Crippen LogP contribution in [0, 0.1) is 11.3 Å².